The van der Waals surface area contributed by atoms with E-state index in [0.29, 0.717) is 5.69 Å². The van der Waals surface area contributed by atoms with Gasteiger partial charge >= 0.3 is 0 Å². The van der Waals surface area contributed by atoms with Gasteiger partial charge in [-0.15, -0.1) is 0 Å². The Bertz CT molecular complexity index is 1020. The fourth-order valence-corrected chi connectivity index (χ4v) is 2.93. The first-order chi connectivity index (χ1) is 11.1. The molecule has 23 heavy (non-hydrogen) atoms. The summed E-state index contributed by atoms with van der Waals surface area (Å²) in [7, 11) is 0. The van der Waals surface area contributed by atoms with Crippen LogP contribution in [0, 0.1) is 6.92 Å². The summed E-state index contributed by atoms with van der Waals surface area (Å²) in [6.45, 7) is 1.95. The van der Waals surface area contributed by atoms with E-state index in [2.05, 4.69) is 0 Å². The number of para-hydroxylation sites is 1. The van der Waals surface area contributed by atoms with Crippen LogP contribution in [0.5, 0.6) is 0 Å². The van der Waals surface area contributed by atoms with Crippen LogP contribution in [0.3, 0.4) is 0 Å². The van der Waals surface area contributed by atoms with Crippen LogP contribution in [-0.4, -0.2) is 5.11 Å². The summed E-state index contributed by atoms with van der Waals surface area (Å²) < 4.78 is 5.89. The smallest absolute Gasteiger partial charge is 0.135 e. The molecule has 3 heteroatoms. The summed E-state index contributed by atoms with van der Waals surface area (Å²) in [5.41, 5.74) is 10.9. The van der Waals surface area contributed by atoms with Crippen LogP contribution in [0.25, 0.3) is 21.9 Å². The molecule has 1 heterocycles. The second-order valence-electron chi connectivity index (χ2n) is 5.87. The third-order valence-corrected chi connectivity index (χ3v) is 4.34. The van der Waals surface area contributed by atoms with Crippen molar-refractivity contribution in [2.75, 3.05) is 5.73 Å². The summed E-state index contributed by atoms with van der Waals surface area (Å²) in [5.74, 6) is 0. The number of furan rings is 1. The molecular weight excluding hydrogens is 286 g/mol. The fourth-order valence-electron chi connectivity index (χ4n) is 2.93. The number of nitrogen functional groups attached to an aromatic ring is 1. The lowest BCUT2D eigenvalue weighted by Gasteiger charge is -2.13. The Balaban J connectivity index is 1.81. The van der Waals surface area contributed by atoms with Gasteiger partial charge < -0.3 is 15.3 Å². The molecule has 114 valence electrons. The van der Waals surface area contributed by atoms with Gasteiger partial charge in [-0.3, -0.25) is 0 Å². The summed E-state index contributed by atoms with van der Waals surface area (Å²) in [4.78, 5) is 0. The minimum atomic E-state index is -0.726. The monoisotopic (exact) mass is 303 g/mol. The van der Waals surface area contributed by atoms with E-state index in [4.69, 9.17) is 10.2 Å². The van der Waals surface area contributed by atoms with Crippen molar-refractivity contribution in [2.24, 2.45) is 0 Å². The number of benzene rings is 3. The second-order valence-corrected chi connectivity index (χ2v) is 5.87. The SMILES string of the molecule is Cc1ccc([C@H](O)c2ccc3c(c2)oc2ccccc23)cc1N. The van der Waals surface area contributed by atoms with Gasteiger partial charge in [0.25, 0.3) is 0 Å². The van der Waals surface area contributed by atoms with Crippen LogP contribution in [-0.2, 0) is 0 Å². The normalized spacial score (nSPS) is 12.8. The minimum Gasteiger partial charge on any atom is -0.456 e. The molecule has 1 aromatic heterocycles. The zero-order valence-corrected chi connectivity index (χ0v) is 12.8. The summed E-state index contributed by atoms with van der Waals surface area (Å²) in [5, 5.41) is 12.8. The topological polar surface area (TPSA) is 59.4 Å². The number of hydrogen-bond acceptors (Lipinski definition) is 3. The van der Waals surface area contributed by atoms with Crippen molar-refractivity contribution in [3.8, 4) is 0 Å². The lowest BCUT2D eigenvalue weighted by molar-refractivity contribution is 0.220. The quantitative estimate of drug-likeness (QED) is 0.534. The maximum atomic E-state index is 10.6. The first kappa shape index (κ1) is 13.9. The Kier molecular flexibility index (Phi) is 3.10. The fraction of sp³-hybridized carbons (Fsp3) is 0.100. The molecule has 0 amide bonds. The van der Waals surface area contributed by atoms with Crippen LogP contribution in [0.1, 0.15) is 22.8 Å². The average Bonchev–Trinajstić information content (AvgIpc) is 2.94. The van der Waals surface area contributed by atoms with Gasteiger partial charge in [0, 0.05) is 16.5 Å². The molecule has 0 aliphatic heterocycles. The van der Waals surface area contributed by atoms with Gasteiger partial charge in [0.2, 0.25) is 0 Å². The van der Waals surface area contributed by atoms with Crippen molar-refractivity contribution in [1.82, 2.24) is 0 Å². The highest BCUT2D eigenvalue weighted by Crippen LogP contribution is 2.32. The maximum Gasteiger partial charge on any atom is 0.135 e. The molecule has 0 saturated heterocycles. The highest BCUT2D eigenvalue weighted by atomic mass is 16.3. The Labute approximate surface area is 134 Å². The van der Waals surface area contributed by atoms with Gasteiger partial charge in [0.15, 0.2) is 0 Å². The van der Waals surface area contributed by atoms with Gasteiger partial charge in [-0.1, -0.05) is 42.5 Å². The van der Waals surface area contributed by atoms with Crippen molar-refractivity contribution < 1.29 is 9.52 Å². The van der Waals surface area contributed by atoms with Crippen molar-refractivity contribution >= 4 is 27.6 Å². The van der Waals surface area contributed by atoms with Crippen LogP contribution < -0.4 is 5.73 Å². The van der Waals surface area contributed by atoms with Gasteiger partial charge in [-0.05, 0) is 41.8 Å². The van der Waals surface area contributed by atoms with Crippen molar-refractivity contribution in [3.63, 3.8) is 0 Å². The first-order valence-corrected chi connectivity index (χ1v) is 7.59. The Morgan fingerprint density at radius 1 is 0.870 bits per heavy atom. The van der Waals surface area contributed by atoms with E-state index in [-0.39, 0.29) is 0 Å². The Morgan fingerprint density at radius 2 is 1.57 bits per heavy atom. The highest BCUT2D eigenvalue weighted by molar-refractivity contribution is 6.04. The molecule has 0 aliphatic carbocycles. The van der Waals surface area contributed by atoms with Crippen LogP contribution in [0.4, 0.5) is 5.69 Å². The molecule has 4 aromatic rings. The zero-order valence-electron chi connectivity index (χ0n) is 12.8. The molecule has 3 aromatic carbocycles. The molecule has 0 radical (unpaired) electrons. The third-order valence-electron chi connectivity index (χ3n) is 4.34. The Hall–Kier alpha value is -2.78. The number of aliphatic hydroxyl groups excluding tert-OH is 1. The number of fused-ring (bicyclic) bond motifs is 3. The van der Waals surface area contributed by atoms with E-state index < -0.39 is 6.10 Å². The van der Waals surface area contributed by atoms with Gasteiger partial charge in [-0.25, -0.2) is 0 Å². The van der Waals surface area contributed by atoms with E-state index in [9.17, 15) is 5.11 Å². The van der Waals surface area contributed by atoms with Crippen molar-refractivity contribution in [3.05, 3.63) is 77.4 Å². The summed E-state index contributed by atoms with van der Waals surface area (Å²) in [6, 6.07) is 19.4. The number of aliphatic hydroxyl groups is 1. The number of hydrogen-bond donors (Lipinski definition) is 2. The molecule has 0 unspecified atom stereocenters. The average molecular weight is 303 g/mol. The minimum absolute atomic E-state index is 0.686. The summed E-state index contributed by atoms with van der Waals surface area (Å²) in [6.07, 6.45) is -0.726. The molecule has 0 bridgehead atoms. The molecule has 1 atom stereocenters. The predicted molar refractivity (Wildman–Crippen MR) is 93.4 cm³/mol. The lowest BCUT2D eigenvalue weighted by Crippen LogP contribution is -2.01. The van der Waals surface area contributed by atoms with E-state index in [1.807, 2.05) is 67.6 Å². The maximum absolute atomic E-state index is 10.6. The van der Waals surface area contributed by atoms with Crippen LogP contribution >= 0.6 is 0 Å². The van der Waals surface area contributed by atoms with Crippen LogP contribution in [0.15, 0.2) is 65.1 Å². The number of aryl methyl sites for hydroxylation is 1. The van der Waals surface area contributed by atoms with Gasteiger partial charge in [-0.2, -0.15) is 0 Å². The van der Waals surface area contributed by atoms with E-state index in [0.717, 1.165) is 38.6 Å². The largest absolute Gasteiger partial charge is 0.456 e. The lowest BCUT2D eigenvalue weighted by atomic mass is 9.98. The van der Waals surface area contributed by atoms with Gasteiger partial charge in [0.1, 0.15) is 17.3 Å². The van der Waals surface area contributed by atoms with E-state index in [1.54, 1.807) is 0 Å². The number of nitrogens with two attached hydrogens (primary N) is 1. The van der Waals surface area contributed by atoms with Crippen molar-refractivity contribution in [2.45, 2.75) is 13.0 Å². The zero-order chi connectivity index (χ0) is 16.0. The predicted octanol–water partition coefficient (Wildman–Crippen LogP) is 4.56. The molecule has 3 nitrogen and oxygen atoms in total. The van der Waals surface area contributed by atoms with E-state index in [1.165, 1.54) is 0 Å². The van der Waals surface area contributed by atoms with Crippen LogP contribution in [0.2, 0.25) is 0 Å². The standard InChI is InChI=1S/C20H17NO2/c1-12-6-7-13(10-17(12)21)20(22)14-8-9-16-15-4-2-3-5-18(15)23-19(16)11-14/h2-11,20,22H,21H2,1H3/t20-/m0/s1. The Morgan fingerprint density at radius 3 is 2.39 bits per heavy atom. The number of rotatable bonds is 2. The van der Waals surface area contributed by atoms with Crippen molar-refractivity contribution in [1.29, 1.82) is 0 Å². The number of anilines is 1. The highest BCUT2D eigenvalue weighted by Gasteiger charge is 2.14. The van der Waals surface area contributed by atoms with Gasteiger partial charge in [0.05, 0.1) is 0 Å². The summed E-state index contributed by atoms with van der Waals surface area (Å²) >= 11 is 0. The molecule has 0 spiro atoms. The molecule has 3 N–H and O–H groups in total. The first-order valence-electron chi connectivity index (χ1n) is 7.59. The second kappa shape index (κ2) is 5.14. The van der Waals surface area contributed by atoms with E-state index >= 15 is 0 Å². The third kappa shape index (κ3) is 2.26. The molecule has 0 saturated carbocycles. The molecule has 0 aliphatic rings. The molecule has 4 rings (SSSR count). The molecular formula is C20H17NO2. The molecule has 0 fully saturated rings.